The van der Waals surface area contributed by atoms with Gasteiger partial charge in [-0.2, -0.15) is 0 Å². The van der Waals surface area contributed by atoms with Gasteiger partial charge in [0.25, 0.3) is 0 Å². The Morgan fingerprint density at radius 1 is 1.19 bits per heavy atom. The molecule has 0 aliphatic carbocycles. The first-order valence-corrected chi connectivity index (χ1v) is 13.1. The van der Waals surface area contributed by atoms with Crippen LogP contribution in [0.1, 0.15) is 74.7 Å². The zero-order chi connectivity index (χ0) is 27.9. The fourth-order valence-corrected chi connectivity index (χ4v) is 5.52. The Balaban J connectivity index is 1.98. The second-order valence-corrected chi connectivity index (χ2v) is 11.8. The minimum Gasteiger partial charge on any atom is -0.458 e. The number of ketones is 1. The summed E-state index contributed by atoms with van der Waals surface area (Å²) in [5, 5.41) is 23.5. The third-order valence-electron chi connectivity index (χ3n) is 8.11. The maximum absolute atomic E-state index is 13.3. The van der Waals surface area contributed by atoms with Gasteiger partial charge in [-0.15, -0.1) is 0 Å². The van der Waals surface area contributed by atoms with E-state index in [9.17, 15) is 24.6 Å². The van der Waals surface area contributed by atoms with E-state index < -0.39 is 65.0 Å². The molecule has 0 aromatic rings. The SMILES string of the molecule is CC(=O)OC(C)/C(C)=C/C(=O)O[C@@H]1[C@H](C)C[C@H]2O[C@@]1(O)[C@@H](O)[C@]1(C)CC[C@@H](O1)C(C)(C)/C=C/[C@H](C)C2=O. The highest BCUT2D eigenvalue weighted by Gasteiger charge is 2.62. The molecule has 1 unspecified atom stereocenters. The van der Waals surface area contributed by atoms with Crippen molar-refractivity contribution in [3.63, 3.8) is 0 Å². The highest BCUT2D eigenvalue weighted by atomic mass is 16.7. The first-order valence-electron chi connectivity index (χ1n) is 13.1. The van der Waals surface area contributed by atoms with E-state index >= 15 is 0 Å². The Morgan fingerprint density at radius 2 is 1.84 bits per heavy atom. The van der Waals surface area contributed by atoms with Gasteiger partial charge in [0, 0.05) is 30.3 Å². The van der Waals surface area contributed by atoms with E-state index in [1.54, 1.807) is 34.6 Å². The summed E-state index contributed by atoms with van der Waals surface area (Å²) in [6.07, 6.45) is 1.45. The van der Waals surface area contributed by atoms with Crippen LogP contribution in [0.2, 0.25) is 0 Å². The van der Waals surface area contributed by atoms with Crippen LogP contribution in [0.5, 0.6) is 0 Å². The standard InChI is InChI=1S/C28H42O9/c1-15-9-11-26(6,7)21-10-12-27(8,37-21)25(32)28(33)24(17(3)13-20(36-28)23(15)31)35-22(30)14-16(2)18(4)34-19(5)29/h9,11,14-15,17-18,20-21,24-25,32-33H,10,12-13H2,1-8H3/b11-9+,16-14+/t15-,17+,18?,20+,21+,24+,25-,27-,28+/m0/s1. The number of rotatable bonds is 4. The molecule has 9 heteroatoms. The Morgan fingerprint density at radius 3 is 2.46 bits per heavy atom. The summed E-state index contributed by atoms with van der Waals surface area (Å²) in [4.78, 5) is 37.5. The molecule has 0 amide bonds. The third kappa shape index (κ3) is 6.00. The summed E-state index contributed by atoms with van der Waals surface area (Å²) >= 11 is 0. The van der Waals surface area contributed by atoms with Crippen molar-refractivity contribution < 1.29 is 43.5 Å². The van der Waals surface area contributed by atoms with E-state index in [1.165, 1.54) is 13.0 Å². The first-order chi connectivity index (χ1) is 17.0. The van der Waals surface area contributed by atoms with Gasteiger partial charge >= 0.3 is 11.9 Å². The van der Waals surface area contributed by atoms with E-state index in [0.717, 1.165) is 0 Å². The Kier molecular flexibility index (Phi) is 8.44. The van der Waals surface area contributed by atoms with Crippen LogP contribution in [0.15, 0.2) is 23.8 Å². The zero-order valence-electron chi connectivity index (χ0n) is 23.1. The average molecular weight is 523 g/mol. The number of aliphatic hydroxyl groups is 2. The van der Waals surface area contributed by atoms with Crippen LogP contribution in [0.4, 0.5) is 0 Å². The predicted molar refractivity (Wildman–Crippen MR) is 134 cm³/mol. The molecule has 0 saturated carbocycles. The van der Waals surface area contributed by atoms with Gasteiger partial charge < -0.3 is 29.2 Å². The quantitative estimate of drug-likeness (QED) is 0.325. The summed E-state index contributed by atoms with van der Waals surface area (Å²) in [5.74, 6) is -4.91. The fourth-order valence-electron chi connectivity index (χ4n) is 5.52. The van der Waals surface area contributed by atoms with Crippen LogP contribution >= 0.6 is 0 Å². The van der Waals surface area contributed by atoms with Gasteiger partial charge in [-0.05, 0) is 45.6 Å². The van der Waals surface area contributed by atoms with E-state index in [1.807, 2.05) is 26.0 Å². The second kappa shape index (κ2) is 10.6. The smallest absolute Gasteiger partial charge is 0.331 e. The highest BCUT2D eigenvalue weighted by Crippen LogP contribution is 2.48. The molecule has 3 aliphatic heterocycles. The van der Waals surface area contributed by atoms with Crippen LogP contribution in [0, 0.1) is 17.3 Å². The summed E-state index contributed by atoms with van der Waals surface area (Å²) in [7, 11) is 0. The number of fused-ring (bicyclic) bond motifs is 4. The second-order valence-electron chi connectivity index (χ2n) is 11.8. The molecule has 208 valence electrons. The molecule has 2 N–H and O–H groups in total. The summed E-state index contributed by atoms with van der Waals surface area (Å²) in [6.45, 7) is 13.8. The lowest BCUT2D eigenvalue weighted by Crippen LogP contribution is -2.68. The molecule has 0 radical (unpaired) electrons. The molecule has 3 rings (SSSR count). The molecular weight excluding hydrogens is 480 g/mol. The normalized spacial score (nSPS) is 41.7. The maximum atomic E-state index is 13.3. The molecular formula is C28H42O9. The Labute approximate surface area is 219 Å². The highest BCUT2D eigenvalue weighted by molar-refractivity contribution is 5.87. The van der Waals surface area contributed by atoms with Crippen molar-refractivity contribution in [2.45, 2.75) is 117 Å². The molecule has 9 nitrogen and oxygen atoms in total. The molecule has 37 heavy (non-hydrogen) atoms. The van der Waals surface area contributed by atoms with Crippen LogP contribution < -0.4 is 0 Å². The van der Waals surface area contributed by atoms with Gasteiger partial charge in [-0.3, -0.25) is 9.59 Å². The lowest BCUT2D eigenvalue weighted by atomic mass is 9.78. The van der Waals surface area contributed by atoms with Crippen LogP contribution in [-0.4, -0.2) is 69.8 Å². The van der Waals surface area contributed by atoms with E-state index in [0.29, 0.717) is 18.4 Å². The Bertz CT molecular complexity index is 969. The number of carbonyl (C=O) groups excluding carboxylic acids is 3. The molecule has 3 heterocycles. The predicted octanol–water partition coefficient (Wildman–Crippen LogP) is 3.01. The van der Waals surface area contributed by atoms with Crippen molar-refractivity contribution >= 4 is 17.7 Å². The maximum Gasteiger partial charge on any atom is 0.331 e. The Hall–Kier alpha value is -2.07. The fraction of sp³-hybridized carbons (Fsp3) is 0.750. The number of ether oxygens (including phenoxy) is 4. The van der Waals surface area contributed by atoms with Crippen LogP contribution in [-0.2, 0) is 33.3 Å². The van der Waals surface area contributed by atoms with Crippen molar-refractivity contribution in [2.24, 2.45) is 17.3 Å². The molecule has 0 spiro atoms. The average Bonchev–Trinajstić information content (AvgIpc) is 3.22. The van der Waals surface area contributed by atoms with Crippen molar-refractivity contribution in [3.05, 3.63) is 23.8 Å². The molecule has 9 atom stereocenters. The zero-order valence-corrected chi connectivity index (χ0v) is 23.1. The number of allylic oxidation sites excluding steroid dienone is 1. The van der Waals surface area contributed by atoms with Crippen LogP contribution in [0.3, 0.4) is 0 Å². The van der Waals surface area contributed by atoms with Gasteiger partial charge in [0.2, 0.25) is 5.79 Å². The van der Waals surface area contributed by atoms with Gasteiger partial charge in [0.1, 0.15) is 18.3 Å². The number of Topliss-reactive ketones (excluding diaryl/α,β-unsaturated/α-hetero) is 1. The molecule has 0 aromatic heterocycles. The minimum atomic E-state index is -2.40. The largest absolute Gasteiger partial charge is 0.458 e. The van der Waals surface area contributed by atoms with Crippen LogP contribution in [0.25, 0.3) is 0 Å². The first kappa shape index (κ1) is 29.5. The van der Waals surface area contributed by atoms with Crippen molar-refractivity contribution in [2.75, 3.05) is 0 Å². The molecule has 2 fully saturated rings. The monoisotopic (exact) mass is 522 g/mol. The van der Waals surface area contributed by atoms with E-state index in [-0.39, 0.29) is 18.3 Å². The van der Waals surface area contributed by atoms with Gasteiger partial charge in [0.05, 0.1) is 11.7 Å². The van der Waals surface area contributed by atoms with Gasteiger partial charge in [-0.1, -0.05) is 39.8 Å². The number of hydrogen-bond donors (Lipinski definition) is 2. The van der Waals surface area contributed by atoms with E-state index in [2.05, 4.69) is 0 Å². The summed E-state index contributed by atoms with van der Waals surface area (Å²) in [5.41, 5.74) is -1.18. The molecule has 0 aromatic carbocycles. The molecule has 2 saturated heterocycles. The van der Waals surface area contributed by atoms with Crippen molar-refractivity contribution in [3.8, 4) is 0 Å². The number of aliphatic hydroxyl groups excluding tert-OH is 1. The molecule has 3 aliphatic rings. The van der Waals surface area contributed by atoms with Gasteiger partial charge in [-0.25, -0.2) is 4.79 Å². The van der Waals surface area contributed by atoms with Gasteiger partial charge in [0.15, 0.2) is 11.9 Å². The lowest BCUT2D eigenvalue weighted by Gasteiger charge is -2.51. The minimum absolute atomic E-state index is 0.195. The van der Waals surface area contributed by atoms with Crippen molar-refractivity contribution in [1.82, 2.24) is 0 Å². The van der Waals surface area contributed by atoms with Crippen molar-refractivity contribution in [1.29, 1.82) is 0 Å². The lowest BCUT2D eigenvalue weighted by molar-refractivity contribution is -0.363. The number of esters is 2. The summed E-state index contributed by atoms with van der Waals surface area (Å²) < 4.78 is 23.1. The topological polar surface area (TPSA) is 129 Å². The van der Waals surface area contributed by atoms with E-state index in [4.69, 9.17) is 18.9 Å². The molecule has 4 bridgehead atoms. The number of carbonyl (C=O) groups is 3. The number of hydrogen-bond acceptors (Lipinski definition) is 9. The third-order valence-corrected chi connectivity index (χ3v) is 8.11. The summed E-state index contributed by atoms with van der Waals surface area (Å²) in [6, 6.07) is 0.